The molecule has 0 atom stereocenters. The Morgan fingerprint density at radius 1 is 1.39 bits per heavy atom. The molecule has 5 heteroatoms. The van der Waals surface area contributed by atoms with E-state index in [1.54, 1.807) is 22.5 Å². The Kier molecular flexibility index (Phi) is 3.99. The average Bonchev–Trinajstić information content (AvgIpc) is 3.09. The van der Waals surface area contributed by atoms with Crippen molar-refractivity contribution in [3.05, 3.63) is 29.3 Å². The molecule has 0 unspecified atom stereocenters. The number of sulfonamides is 1. The molecule has 0 aliphatic heterocycles. The van der Waals surface area contributed by atoms with Crippen molar-refractivity contribution in [2.45, 2.75) is 37.6 Å². The van der Waals surface area contributed by atoms with Gasteiger partial charge in [0.25, 0.3) is 0 Å². The lowest BCUT2D eigenvalue weighted by molar-refractivity contribution is 0.360. The number of nitrogens with zero attached hydrogens (tertiary/aromatic N) is 1. The van der Waals surface area contributed by atoms with E-state index in [-0.39, 0.29) is 6.04 Å². The average molecular weight is 288 g/mol. The number of halogens is 1. The molecule has 0 aromatic heterocycles. The normalized spacial score (nSPS) is 16.5. The molecule has 1 aliphatic carbocycles. The predicted molar refractivity (Wildman–Crippen MR) is 73.2 cm³/mol. The highest BCUT2D eigenvalue weighted by Crippen LogP contribution is 2.33. The van der Waals surface area contributed by atoms with Gasteiger partial charge in [-0.3, -0.25) is 0 Å². The van der Waals surface area contributed by atoms with Crippen LogP contribution in [0.3, 0.4) is 0 Å². The highest BCUT2D eigenvalue weighted by molar-refractivity contribution is 7.89. The Morgan fingerprint density at radius 3 is 2.56 bits per heavy atom. The fraction of sp³-hybridized carbons (Fsp3) is 0.538. The third-order valence-corrected chi connectivity index (χ3v) is 5.05. The second kappa shape index (κ2) is 5.19. The van der Waals surface area contributed by atoms with Gasteiger partial charge in [-0.05, 0) is 37.0 Å². The van der Waals surface area contributed by atoms with Gasteiger partial charge in [0.05, 0.1) is 4.90 Å². The van der Waals surface area contributed by atoms with Crippen LogP contribution in [0.4, 0.5) is 0 Å². The van der Waals surface area contributed by atoms with E-state index in [2.05, 4.69) is 0 Å². The van der Waals surface area contributed by atoms with Crippen molar-refractivity contribution in [2.24, 2.45) is 5.92 Å². The Morgan fingerprint density at radius 2 is 2.06 bits per heavy atom. The molecule has 0 amide bonds. The van der Waals surface area contributed by atoms with Gasteiger partial charge in [0, 0.05) is 17.6 Å². The van der Waals surface area contributed by atoms with Gasteiger partial charge in [0.2, 0.25) is 10.0 Å². The van der Waals surface area contributed by atoms with E-state index >= 15 is 0 Å². The second-order valence-electron chi connectivity index (χ2n) is 5.16. The fourth-order valence-corrected chi connectivity index (χ4v) is 4.08. The summed E-state index contributed by atoms with van der Waals surface area (Å²) in [5.74, 6) is 0.319. The lowest BCUT2D eigenvalue weighted by Crippen LogP contribution is -2.36. The van der Waals surface area contributed by atoms with Crippen molar-refractivity contribution in [1.29, 1.82) is 0 Å². The molecular formula is C13H18ClNO2S. The van der Waals surface area contributed by atoms with E-state index < -0.39 is 10.0 Å². The Balaban J connectivity index is 2.33. The maximum Gasteiger partial charge on any atom is 0.243 e. The summed E-state index contributed by atoms with van der Waals surface area (Å²) < 4.78 is 26.8. The van der Waals surface area contributed by atoms with Crippen molar-refractivity contribution in [3.63, 3.8) is 0 Å². The van der Waals surface area contributed by atoms with Crippen LogP contribution < -0.4 is 0 Å². The topological polar surface area (TPSA) is 37.4 Å². The molecule has 0 bridgehead atoms. The maximum atomic E-state index is 12.6. The molecule has 18 heavy (non-hydrogen) atoms. The molecule has 0 radical (unpaired) electrons. The van der Waals surface area contributed by atoms with E-state index in [1.165, 1.54) is 6.07 Å². The van der Waals surface area contributed by atoms with E-state index in [0.29, 0.717) is 22.4 Å². The fourth-order valence-electron chi connectivity index (χ4n) is 1.93. The molecule has 2 rings (SSSR count). The summed E-state index contributed by atoms with van der Waals surface area (Å²) in [5.41, 5.74) is 0. The van der Waals surface area contributed by atoms with Crippen molar-refractivity contribution < 1.29 is 8.42 Å². The molecule has 1 saturated carbocycles. The van der Waals surface area contributed by atoms with Crippen LogP contribution in [-0.4, -0.2) is 25.3 Å². The third kappa shape index (κ3) is 3.05. The summed E-state index contributed by atoms with van der Waals surface area (Å²) in [6.45, 7) is 4.63. The summed E-state index contributed by atoms with van der Waals surface area (Å²) in [7, 11) is -3.41. The Labute approximate surface area is 114 Å². The molecule has 1 aliphatic rings. The molecule has 0 heterocycles. The van der Waals surface area contributed by atoms with Gasteiger partial charge in [0.15, 0.2) is 0 Å². The number of hydrogen-bond acceptors (Lipinski definition) is 2. The first-order valence-electron chi connectivity index (χ1n) is 6.18. The molecular weight excluding hydrogens is 270 g/mol. The zero-order valence-corrected chi connectivity index (χ0v) is 12.2. The first-order chi connectivity index (χ1) is 8.41. The van der Waals surface area contributed by atoms with Crippen LogP contribution in [0.15, 0.2) is 29.2 Å². The summed E-state index contributed by atoms with van der Waals surface area (Å²) >= 11 is 5.87. The second-order valence-corrected chi connectivity index (χ2v) is 7.48. The van der Waals surface area contributed by atoms with Gasteiger partial charge < -0.3 is 0 Å². The Bertz CT molecular complexity index is 524. The molecule has 0 saturated heterocycles. The van der Waals surface area contributed by atoms with Crippen LogP contribution in [0.25, 0.3) is 0 Å². The minimum atomic E-state index is -3.41. The molecule has 1 fully saturated rings. The predicted octanol–water partition coefficient (Wildman–Crippen LogP) is 3.15. The Hall–Kier alpha value is -0.580. The van der Waals surface area contributed by atoms with Gasteiger partial charge in [-0.15, -0.1) is 0 Å². The van der Waals surface area contributed by atoms with Crippen LogP contribution in [0.1, 0.15) is 26.7 Å². The van der Waals surface area contributed by atoms with Crippen molar-refractivity contribution in [3.8, 4) is 0 Å². The monoisotopic (exact) mass is 287 g/mol. The van der Waals surface area contributed by atoms with Crippen molar-refractivity contribution in [1.82, 2.24) is 4.31 Å². The molecule has 1 aromatic rings. The maximum absolute atomic E-state index is 12.6. The highest BCUT2D eigenvalue weighted by Gasteiger charge is 2.38. The first-order valence-corrected chi connectivity index (χ1v) is 8.00. The van der Waals surface area contributed by atoms with Crippen LogP contribution in [0.5, 0.6) is 0 Å². The summed E-state index contributed by atoms with van der Waals surface area (Å²) in [4.78, 5) is 0.294. The zero-order valence-electron chi connectivity index (χ0n) is 10.6. The van der Waals surface area contributed by atoms with Crippen LogP contribution in [-0.2, 0) is 10.0 Å². The van der Waals surface area contributed by atoms with Crippen LogP contribution in [0, 0.1) is 5.92 Å². The van der Waals surface area contributed by atoms with Gasteiger partial charge in [-0.1, -0.05) is 31.5 Å². The van der Waals surface area contributed by atoms with Gasteiger partial charge in [-0.2, -0.15) is 4.31 Å². The lowest BCUT2D eigenvalue weighted by atomic mass is 10.2. The molecule has 1 aromatic carbocycles. The minimum Gasteiger partial charge on any atom is -0.207 e. The number of benzene rings is 1. The third-order valence-electron chi connectivity index (χ3n) is 2.90. The SMILES string of the molecule is CC(C)CN(C1CC1)S(=O)(=O)c1cccc(Cl)c1. The molecule has 100 valence electrons. The van der Waals surface area contributed by atoms with Gasteiger partial charge in [-0.25, -0.2) is 8.42 Å². The number of hydrogen-bond donors (Lipinski definition) is 0. The summed E-state index contributed by atoms with van der Waals surface area (Å²) in [5, 5.41) is 0.455. The van der Waals surface area contributed by atoms with Crippen molar-refractivity contribution in [2.75, 3.05) is 6.54 Å². The van der Waals surface area contributed by atoms with Crippen molar-refractivity contribution >= 4 is 21.6 Å². The summed E-state index contributed by atoms with van der Waals surface area (Å²) in [6.07, 6.45) is 1.93. The highest BCUT2D eigenvalue weighted by atomic mass is 35.5. The van der Waals surface area contributed by atoms with E-state index in [0.717, 1.165) is 12.8 Å². The molecule has 3 nitrogen and oxygen atoms in total. The largest absolute Gasteiger partial charge is 0.243 e. The van der Waals surface area contributed by atoms with E-state index in [1.807, 2.05) is 13.8 Å². The molecule has 0 N–H and O–H groups in total. The molecule has 0 spiro atoms. The first kappa shape index (κ1) is 13.8. The van der Waals surface area contributed by atoms with Crippen LogP contribution in [0.2, 0.25) is 5.02 Å². The van der Waals surface area contributed by atoms with E-state index in [9.17, 15) is 8.42 Å². The summed E-state index contributed by atoms with van der Waals surface area (Å²) in [6, 6.07) is 6.67. The zero-order chi connectivity index (χ0) is 13.3. The van der Waals surface area contributed by atoms with Gasteiger partial charge in [0.1, 0.15) is 0 Å². The quantitative estimate of drug-likeness (QED) is 0.834. The standard InChI is InChI=1S/C13H18ClNO2S/c1-10(2)9-15(12-6-7-12)18(16,17)13-5-3-4-11(14)8-13/h3-5,8,10,12H,6-7,9H2,1-2H3. The van der Waals surface area contributed by atoms with Gasteiger partial charge >= 0.3 is 0 Å². The number of rotatable bonds is 5. The van der Waals surface area contributed by atoms with E-state index in [4.69, 9.17) is 11.6 Å². The lowest BCUT2D eigenvalue weighted by Gasteiger charge is -2.23. The van der Waals surface area contributed by atoms with Crippen LogP contribution >= 0.6 is 11.6 Å². The smallest absolute Gasteiger partial charge is 0.207 e. The minimum absolute atomic E-state index is 0.177.